The number of hydrogen-bond donors (Lipinski definition) is 1. The Hall–Kier alpha value is -3.51. The fourth-order valence-corrected chi connectivity index (χ4v) is 2.21. The third-order valence-corrected chi connectivity index (χ3v) is 3.83. The average molecular weight is 429 g/mol. The average Bonchev–Trinajstić information content (AvgIpc) is 2.81. The number of carbonyl (C=O) groups is 1. The largest absolute Gasteiger partial charge is 0.497 e. The van der Waals surface area contributed by atoms with E-state index in [1.807, 2.05) is 60.7 Å². The van der Waals surface area contributed by atoms with Crippen LogP contribution in [0.1, 0.15) is 30.1 Å². The number of benzene rings is 3. The van der Waals surface area contributed by atoms with Crippen molar-refractivity contribution < 1.29 is 29.6 Å². The van der Waals surface area contributed by atoms with Crippen LogP contribution in [0.3, 0.4) is 0 Å². The summed E-state index contributed by atoms with van der Waals surface area (Å²) in [6.07, 6.45) is 1.98. The van der Waals surface area contributed by atoms with E-state index >= 15 is 0 Å². The fraction of sp³-hybridized carbons (Fsp3) is 0.240. The van der Waals surface area contributed by atoms with Gasteiger partial charge in [0.2, 0.25) is 0 Å². The first-order chi connectivity index (χ1) is 14.6. The Bertz CT molecular complexity index is 782. The van der Waals surface area contributed by atoms with Crippen LogP contribution in [0.15, 0.2) is 84.9 Å². The van der Waals surface area contributed by atoms with Gasteiger partial charge in [0.05, 0.1) is 20.8 Å². The molecule has 0 aliphatic heterocycles. The molecule has 0 amide bonds. The molecule has 0 fully saturated rings. The van der Waals surface area contributed by atoms with Gasteiger partial charge in [-0.2, -0.15) is 0 Å². The van der Waals surface area contributed by atoms with Crippen molar-refractivity contribution in [1.29, 1.82) is 0 Å². The number of carboxylic acids is 1. The zero-order valence-corrected chi connectivity index (χ0v) is 18.3. The standard InChI is InChI=1S/C11H14O3.2C7H8O.H2O/c1-2-3-8-14-10-7-5-4-6-9(10)11(12)13;2*1-8-7-5-3-2-4-6-7;/h4-7H,2-3,8H2,1H3,(H,12,13);2*2-6H,1H3;1H2. The molecule has 0 bridgehead atoms. The summed E-state index contributed by atoms with van der Waals surface area (Å²) in [4.78, 5) is 10.8. The van der Waals surface area contributed by atoms with Crippen LogP contribution in [0.25, 0.3) is 0 Å². The number of methoxy groups -OCH3 is 2. The Morgan fingerprint density at radius 1 is 0.774 bits per heavy atom. The van der Waals surface area contributed by atoms with E-state index in [-0.39, 0.29) is 11.0 Å². The quantitative estimate of drug-likeness (QED) is 0.526. The van der Waals surface area contributed by atoms with Crippen LogP contribution < -0.4 is 14.2 Å². The lowest BCUT2D eigenvalue weighted by atomic mass is 10.2. The SMILES string of the molecule is CCCCOc1ccccc1C(=O)O.COc1ccccc1.COc1ccccc1.O. The molecule has 0 aliphatic carbocycles. The van der Waals surface area contributed by atoms with Gasteiger partial charge in [0.15, 0.2) is 0 Å². The lowest BCUT2D eigenvalue weighted by Crippen LogP contribution is -2.03. The molecule has 0 aliphatic rings. The lowest BCUT2D eigenvalue weighted by molar-refractivity contribution is 0.0692. The monoisotopic (exact) mass is 428 g/mol. The predicted molar refractivity (Wildman–Crippen MR) is 123 cm³/mol. The second-order valence-electron chi connectivity index (χ2n) is 6.04. The summed E-state index contributed by atoms with van der Waals surface area (Å²) in [6.45, 7) is 2.63. The van der Waals surface area contributed by atoms with Gasteiger partial charge in [-0.25, -0.2) is 4.79 Å². The van der Waals surface area contributed by atoms with E-state index in [9.17, 15) is 4.79 Å². The molecule has 3 aromatic carbocycles. The van der Waals surface area contributed by atoms with Crippen molar-refractivity contribution in [1.82, 2.24) is 0 Å². The van der Waals surface area contributed by atoms with Gasteiger partial charge in [-0.1, -0.05) is 61.9 Å². The van der Waals surface area contributed by atoms with E-state index in [4.69, 9.17) is 19.3 Å². The molecule has 3 rings (SSSR count). The summed E-state index contributed by atoms with van der Waals surface area (Å²) < 4.78 is 15.2. The molecule has 6 nitrogen and oxygen atoms in total. The number of rotatable bonds is 7. The van der Waals surface area contributed by atoms with Gasteiger partial charge >= 0.3 is 5.97 Å². The first kappa shape index (κ1) is 27.5. The first-order valence-corrected chi connectivity index (χ1v) is 9.75. The molecule has 0 spiro atoms. The minimum absolute atomic E-state index is 0. The van der Waals surface area contributed by atoms with Crippen LogP contribution in [-0.4, -0.2) is 37.4 Å². The van der Waals surface area contributed by atoms with E-state index in [2.05, 4.69) is 6.92 Å². The van der Waals surface area contributed by atoms with Crippen molar-refractivity contribution in [3.05, 3.63) is 90.5 Å². The van der Waals surface area contributed by atoms with Crippen LogP contribution in [-0.2, 0) is 0 Å². The number of para-hydroxylation sites is 3. The van der Waals surface area contributed by atoms with Crippen molar-refractivity contribution >= 4 is 5.97 Å². The zero-order valence-electron chi connectivity index (χ0n) is 18.3. The molecule has 6 heteroatoms. The zero-order chi connectivity index (χ0) is 22.0. The second kappa shape index (κ2) is 17.4. The topological polar surface area (TPSA) is 96.5 Å². The highest BCUT2D eigenvalue weighted by atomic mass is 16.5. The van der Waals surface area contributed by atoms with Crippen LogP contribution in [0.2, 0.25) is 0 Å². The molecule has 0 aromatic heterocycles. The van der Waals surface area contributed by atoms with Gasteiger partial charge < -0.3 is 24.8 Å². The highest BCUT2D eigenvalue weighted by molar-refractivity contribution is 5.90. The Morgan fingerprint density at radius 2 is 1.23 bits per heavy atom. The molecule has 168 valence electrons. The summed E-state index contributed by atoms with van der Waals surface area (Å²) in [7, 11) is 3.32. The number of aromatic carboxylic acids is 1. The van der Waals surface area contributed by atoms with Crippen LogP contribution in [0.5, 0.6) is 17.2 Å². The van der Waals surface area contributed by atoms with Crippen molar-refractivity contribution in [2.24, 2.45) is 0 Å². The molecule has 3 aromatic rings. The van der Waals surface area contributed by atoms with Gasteiger partial charge in [0, 0.05) is 0 Å². The Morgan fingerprint density at radius 3 is 1.61 bits per heavy atom. The highest BCUT2D eigenvalue weighted by Crippen LogP contribution is 2.17. The molecule has 0 radical (unpaired) electrons. The maximum absolute atomic E-state index is 10.8. The number of ether oxygens (including phenoxy) is 3. The normalized spacial score (nSPS) is 8.87. The summed E-state index contributed by atoms with van der Waals surface area (Å²) in [5.74, 6) is 1.32. The van der Waals surface area contributed by atoms with Crippen molar-refractivity contribution in [2.45, 2.75) is 19.8 Å². The van der Waals surface area contributed by atoms with E-state index < -0.39 is 5.97 Å². The number of unbranched alkanes of at least 4 members (excludes halogenated alkanes) is 1. The number of hydrogen-bond acceptors (Lipinski definition) is 4. The minimum Gasteiger partial charge on any atom is -0.497 e. The summed E-state index contributed by atoms with van der Waals surface area (Å²) in [6, 6.07) is 26.0. The molecule has 0 saturated carbocycles. The number of carboxylic acid groups (broad SMARTS) is 1. The summed E-state index contributed by atoms with van der Waals surface area (Å²) in [5, 5.41) is 8.84. The van der Waals surface area contributed by atoms with Crippen molar-refractivity contribution in [2.75, 3.05) is 20.8 Å². The fourth-order valence-electron chi connectivity index (χ4n) is 2.21. The third kappa shape index (κ3) is 11.9. The molecular formula is C25H32O6. The van der Waals surface area contributed by atoms with Gasteiger partial charge in [0.25, 0.3) is 0 Å². The Balaban J connectivity index is 0.000000456. The maximum Gasteiger partial charge on any atom is 0.339 e. The molecule has 0 atom stereocenters. The van der Waals surface area contributed by atoms with Crippen molar-refractivity contribution in [3.8, 4) is 17.2 Å². The maximum atomic E-state index is 10.8. The third-order valence-electron chi connectivity index (χ3n) is 3.83. The van der Waals surface area contributed by atoms with Gasteiger partial charge in [0.1, 0.15) is 22.8 Å². The molecule has 31 heavy (non-hydrogen) atoms. The smallest absolute Gasteiger partial charge is 0.339 e. The van der Waals surface area contributed by atoms with Crippen LogP contribution >= 0.6 is 0 Å². The van der Waals surface area contributed by atoms with E-state index in [1.54, 1.807) is 38.5 Å². The Kier molecular flexibility index (Phi) is 15.4. The minimum atomic E-state index is -0.947. The highest BCUT2D eigenvalue weighted by Gasteiger charge is 2.09. The molecular weight excluding hydrogens is 396 g/mol. The summed E-state index contributed by atoms with van der Waals surface area (Å²) in [5.41, 5.74) is 0.226. The Labute approximate surface area is 184 Å². The lowest BCUT2D eigenvalue weighted by Gasteiger charge is -2.07. The molecule has 3 N–H and O–H groups in total. The van der Waals surface area contributed by atoms with Crippen LogP contribution in [0, 0.1) is 0 Å². The molecule has 0 unspecified atom stereocenters. The van der Waals surface area contributed by atoms with Gasteiger partial charge in [-0.05, 0) is 42.8 Å². The molecule has 0 saturated heterocycles. The molecule has 0 heterocycles. The van der Waals surface area contributed by atoms with Crippen molar-refractivity contribution in [3.63, 3.8) is 0 Å². The van der Waals surface area contributed by atoms with E-state index in [1.165, 1.54) is 0 Å². The van der Waals surface area contributed by atoms with E-state index in [0.29, 0.717) is 12.4 Å². The predicted octanol–water partition coefficient (Wildman–Crippen LogP) is 5.13. The van der Waals surface area contributed by atoms with Gasteiger partial charge in [-0.15, -0.1) is 0 Å². The van der Waals surface area contributed by atoms with Gasteiger partial charge in [-0.3, -0.25) is 0 Å². The second-order valence-corrected chi connectivity index (χ2v) is 6.04. The summed E-state index contributed by atoms with van der Waals surface area (Å²) >= 11 is 0. The van der Waals surface area contributed by atoms with Crippen LogP contribution in [0.4, 0.5) is 0 Å². The van der Waals surface area contributed by atoms with E-state index in [0.717, 1.165) is 24.3 Å². The first-order valence-electron chi connectivity index (χ1n) is 9.75.